The Hall–Kier alpha value is -1.60. The molecule has 0 bridgehead atoms. The van der Waals surface area contributed by atoms with E-state index in [1.54, 1.807) is 16.7 Å². The van der Waals surface area contributed by atoms with Crippen LogP contribution in [-0.4, -0.2) is 39.9 Å². The minimum atomic E-state index is -0.211. The fraction of sp³-hybridized carbons (Fsp3) is 0.471. The van der Waals surface area contributed by atoms with E-state index >= 15 is 0 Å². The summed E-state index contributed by atoms with van der Waals surface area (Å²) in [7, 11) is 0. The molecule has 2 amide bonds. The number of nitrogens with one attached hydrogen (secondary N) is 2. The summed E-state index contributed by atoms with van der Waals surface area (Å²) in [5.41, 5.74) is 1.75. The van der Waals surface area contributed by atoms with Gasteiger partial charge < -0.3 is 10.6 Å². The lowest BCUT2D eigenvalue weighted by atomic mass is 10.1. The smallest absolute Gasteiger partial charge is 0.251 e. The molecule has 24 heavy (non-hydrogen) atoms. The average Bonchev–Trinajstić information content (AvgIpc) is 2.82. The molecule has 130 valence electrons. The van der Waals surface area contributed by atoms with Crippen molar-refractivity contribution in [2.45, 2.75) is 38.8 Å². The normalized spacial score (nSPS) is 17.1. The van der Waals surface area contributed by atoms with Gasteiger partial charge in [0.1, 0.15) is 6.04 Å². The van der Waals surface area contributed by atoms with Gasteiger partial charge in [0.05, 0.1) is 6.54 Å². The molecule has 0 saturated carbocycles. The Labute approximate surface area is 152 Å². The van der Waals surface area contributed by atoms with Gasteiger partial charge in [0.25, 0.3) is 5.91 Å². The highest BCUT2D eigenvalue weighted by molar-refractivity contribution is 7.98. The molecule has 1 aliphatic heterocycles. The maximum absolute atomic E-state index is 12.4. The molecule has 2 N–H and O–H groups in total. The minimum absolute atomic E-state index is 0.0157. The van der Waals surface area contributed by atoms with Gasteiger partial charge in [0, 0.05) is 12.1 Å². The molecule has 1 aromatic carbocycles. The van der Waals surface area contributed by atoms with Crippen LogP contribution in [0.1, 0.15) is 31.7 Å². The van der Waals surface area contributed by atoms with Crippen molar-refractivity contribution in [3.63, 3.8) is 0 Å². The van der Waals surface area contributed by atoms with Crippen molar-refractivity contribution in [2.24, 2.45) is 0 Å². The molecule has 0 aromatic heterocycles. The molecule has 5 nitrogen and oxygen atoms in total. The number of hydrogen-bond donors (Lipinski definition) is 2. The van der Waals surface area contributed by atoms with E-state index in [4.69, 9.17) is 12.2 Å². The number of thioether (sulfide) groups is 1. The van der Waals surface area contributed by atoms with Gasteiger partial charge in [-0.3, -0.25) is 14.5 Å². The van der Waals surface area contributed by atoms with E-state index in [1.807, 2.05) is 37.4 Å². The van der Waals surface area contributed by atoms with E-state index in [-0.39, 0.29) is 17.9 Å². The first kappa shape index (κ1) is 18.7. The van der Waals surface area contributed by atoms with Gasteiger partial charge in [-0.25, -0.2) is 0 Å². The Kier molecular flexibility index (Phi) is 7.05. The molecule has 2 rings (SSSR count). The molecular formula is C17H23N3O2S2. The summed E-state index contributed by atoms with van der Waals surface area (Å²) in [6.07, 6.45) is 4.14. The number of hydrogen-bond acceptors (Lipinski definition) is 4. The minimum Gasteiger partial charge on any atom is -0.350 e. The Morgan fingerprint density at radius 2 is 2.08 bits per heavy atom. The Morgan fingerprint density at radius 3 is 2.71 bits per heavy atom. The molecule has 1 aliphatic rings. The van der Waals surface area contributed by atoms with Crippen LogP contribution in [0.25, 0.3) is 0 Å². The topological polar surface area (TPSA) is 61.4 Å². The van der Waals surface area contributed by atoms with Crippen molar-refractivity contribution >= 4 is 46.6 Å². The third-order valence-corrected chi connectivity index (χ3v) is 4.76. The molecule has 0 aliphatic carbocycles. The highest BCUT2D eigenvalue weighted by Crippen LogP contribution is 2.17. The standard InChI is InChI=1S/C17H23N3O2S2/c1-3-4-15(21)18-13-7-5-12(6-8-13)11-20-16(22)14(9-10-24-2)19-17(20)23/h5-8,14H,3-4,9-11H2,1-2H3,(H,18,21)(H,19,23). The summed E-state index contributed by atoms with van der Waals surface area (Å²) in [5.74, 6) is 0.975. The molecule has 7 heteroatoms. The van der Waals surface area contributed by atoms with E-state index in [0.29, 0.717) is 18.1 Å². The Morgan fingerprint density at radius 1 is 1.38 bits per heavy atom. The van der Waals surface area contributed by atoms with E-state index in [9.17, 15) is 9.59 Å². The first-order valence-corrected chi connectivity index (χ1v) is 9.85. The van der Waals surface area contributed by atoms with Crippen LogP contribution in [0.4, 0.5) is 5.69 Å². The highest BCUT2D eigenvalue weighted by atomic mass is 32.2. The lowest BCUT2D eigenvalue weighted by Gasteiger charge is -2.15. The van der Waals surface area contributed by atoms with Crippen molar-refractivity contribution in [3.8, 4) is 0 Å². The van der Waals surface area contributed by atoms with Crippen LogP contribution in [0.5, 0.6) is 0 Å². The van der Waals surface area contributed by atoms with Crippen LogP contribution in [0.3, 0.4) is 0 Å². The largest absolute Gasteiger partial charge is 0.350 e. The van der Waals surface area contributed by atoms with Gasteiger partial charge in [0.15, 0.2) is 5.11 Å². The summed E-state index contributed by atoms with van der Waals surface area (Å²) < 4.78 is 0. The van der Waals surface area contributed by atoms with Crippen LogP contribution in [0, 0.1) is 0 Å². The van der Waals surface area contributed by atoms with Gasteiger partial charge in [-0.1, -0.05) is 19.1 Å². The quantitative estimate of drug-likeness (QED) is 0.694. The number of carbonyl (C=O) groups excluding carboxylic acids is 2. The van der Waals surface area contributed by atoms with Gasteiger partial charge in [-0.15, -0.1) is 0 Å². The zero-order chi connectivity index (χ0) is 17.5. The van der Waals surface area contributed by atoms with Gasteiger partial charge >= 0.3 is 0 Å². The highest BCUT2D eigenvalue weighted by Gasteiger charge is 2.34. The second kappa shape index (κ2) is 9.03. The van der Waals surface area contributed by atoms with Crippen molar-refractivity contribution in [1.29, 1.82) is 0 Å². The number of anilines is 1. The summed E-state index contributed by atoms with van der Waals surface area (Å²) in [4.78, 5) is 25.6. The summed E-state index contributed by atoms with van der Waals surface area (Å²) in [5, 5.41) is 6.44. The molecule has 1 heterocycles. The average molecular weight is 366 g/mol. The van der Waals surface area contributed by atoms with Crippen molar-refractivity contribution < 1.29 is 9.59 Å². The van der Waals surface area contributed by atoms with Crippen LogP contribution in [-0.2, 0) is 16.1 Å². The molecule has 1 fully saturated rings. The molecular weight excluding hydrogens is 342 g/mol. The van der Waals surface area contributed by atoms with Crippen LogP contribution < -0.4 is 10.6 Å². The second-order valence-electron chi connectivity index (χ2n) is 5.70. The number of amides is 2. The van der Waals surface area contributed by atoms with E-state index in [1.165, 1.54) is 0 Å². The molecule has 0 radical (unpaired) electrons. The lowest BCUT2D eigenvalue weighted by Crippen LogP contribution is -2.31. The van der Waals surface area contributed by atoms with Crippen molar-refractivity contribution in [1.82, 2.24) is 10.2 Å². The van der Waals surface area contributed by atoms with Crippen molar-refractivity contribution in [2.75, 3.05) is 17.3 Å². The first-order chi connectivity index (χ1) is 11.5. The molecule has 1 aromatic rings. The number of rotatable bonds is 8. The van der Waals surface area contributed by atoms with E-state index in [2.05, 4.69) is 10.6 Å². The second-order valence-corrected chi connectivity index (χ2v) is 7.08. The predicted octanol–water partition coefficient (Wildman–Crippen LogP) is 2.76. The maximum atomic E-state index is 12.4. The number of thiocarbonyl (C=S) groups is 1. The number of carbonyl (C=O) groups is 2. The van der Waals surface area contributed by atoms with Gasteiger partial charge in [-0.05, 0) is 54.8 Å². The van der Waals surface area contributed by atoms with Gasteiger partial charge in [0.2, 0.25) is 5.91 Å². The fourth-order valence-corrected chi connectivity index (χ4v) is 3.25. The van der Waals surface area contributed by atoms with Gasteiger partial charge in [-0.2, -0.15) is 11.8 Å². The van der Waals surface area contributed by atoms with Crippen LogP contribution >= 0.6 is 24.0 Å². The number of benzene rings is 1. The summed E-state index contributed by atoms with van der Waals surface area (Å²) in [6, 6.07) is 7.31. The first-order valence-electron chi connectivity index (χ1n) is 8.04. The molecule has 1 atom stereocenters. The predicted molar refractivity (Wildman–Crippen MR) is 103 cm³/mol. The SMILES string of the molecule is CCCC(=O)Nc1ccc(CN2C(=O)C(CCSC)NC2=S)cc1. The summed E-state index contributed by atoms with van der Waals surface area (Å²) >= 11 is 7.00. The van der Waals surface area contributed by atoms with Crippen LogP contribution in [0.15, 0.2) is 24.3 Å². The van der Waals surface area contributed by atoms with E-state index in [0.717, 1.165) is 29.8 Å². The maximum Gasteiger partial charge on any atom is 0.251 e. The van der Waals surface area contributed by atoms with Crippen LogP contribution in [0.2, 0.25) is 0 Å². The summed E-state index contributed by atoms with van der Waals surface area (Å²) in [6.45, 7) is 2.42. The third-order valence-electron chi connectivity index (χ3n) is 3.77. The lowest BCUT2D eigenvalue weighted by molar-refractivity contribution is -0.127. The molecule has 1 unspecified atom stereocenters. The zero-order valence-corrected chi connectivity index (χ0v) is 15.6. The fourth-order valence-electron chi connectivity index (χ4n) is 2.48. The molecule has 0 spiro atoms. The Balaban J connectivity index is 1.94. The number of nitrogens with zero attached hydrogens (tertiary/aromatic N) is 1. The zero-order valence-electron chi connectivity index (χ0n) is 14.0. The van der Waals surface area contributed by atoms with Crippen molar-refractivity contribution in [3.05, 3.63) is 29.8 Å². The Bertz CT molecular complexity index is 604. The third kappa shape index (κ3) is 4.95. The monoisotopic (exact) mass is 365 g/mol. The van der Waals surface area contributed by atoms with E-state index < -0.39 is 0 Å². The molecule has 1 saturated heterocycles.